The second-order valence-corrected chi connectivity index (χ2v) is 5.72. The highest BCUT2D eigenvalue weighted by molar-refractivity contribution is 8.23. The quantitative estimate of drug-likeness (QED) is 0.480. The molecule has 1 N–H and O–H groups in total. The highest BCUT2D eigenvalue weighted by Crippen LogP contribution is 2.28. The van der Waals surface area contributed by atoms with Crippen LogP contribution in [-0.2, 0) is 0 Å². The zero-order chi connectivity index (χ0) is 12.0. The van der Waals surface area contributed by atoms with Crippen LogP contribution in [0.2, 0.25) is 0 Å². The van der Waals surface area contributed by atoms with E-state index >= 15 is 0 Å². The van der Waals surface area contributed by atoms with Gasteiger partial charge in [-0.3, -0.25) is 0 Å². The van der Waals surface area contributed by atoms with Crippen LogP contribution in [0.4, 0.5) is 0 Å². The number of thioether (sulfide) groups is 1. The lowest BCUT2D eigenvalue weighted by molar-refractivity contribution is 0.314. The van der Waals surface area contributed by atoms with E-state index in [1.165, 1.54) is 6.42 Å². The molecule has 0 amide bonds. The molecule has 1 aliphatic carbocycles. The van der Waals surface area contributed by atoms with Crippen molar-refractivity contribution in [2.24, 2.45) is 5.16 Å². The maximum Gasteiger partial charge on any atom is 0.136 e. The molecule has 5 heteroatoms. The minimum atomic E-state index is 0.284. The molecule has 0 spiro atoms. The highest BCUT2D eigenvalue weighted by Gasteiger charge is 2.24. The lowest BCUT2D eigenvalue weighted by atomic mass is 9.98. The van der Waals surface area contributed by atoms with Gasteiger partial charge in [0.15, 0.2) is 0 Å². The number of nitrogens with zero attached hydrogens (tertiary/aromatic N) is 2. The first kappa shape index (κ1) is 13.8. The van der Waals surface area contributed by atoms with Crippen LogP contribution in [0.5, 0.6) is 0 Å². The van der Waals surface area contributed by atoms with E-state index in [-0.39, 0.29) is 5.25 Å². The van der Waals surface area contributed by atoms with Gasteiger partial charge < -0.3 is 10.1 Å². The van der Waals surface area contributed by atoms with Crippen molar-refractivity contribution in [2.75, 3.05) is 13.1 Å². The number of hydrogen-bond acceptors (Lipinski definition) is 4. The van der Waals surface area contributed by atoms with Gasteiger partial charge in [0.1, 0.15) is 4.32 Å². The van der Waals surface area contributed by atoms with E-state index in [1.807, 2.05) is 0 Å². The Balaban J connectivity index is 2.54. The van der Waals surface area contributed by atoms with Crippen LogP contribution in [-0.4, -0.2) is 38.5 Å². The Labute approximate surface area is 107 Å². The van der Waals surface area contributed by atoms with Crippen LogP contribution in [0, 0.1) is 0 Å². The Morgan fingerprint density at radius 3 is 2.75 bits per heavy atom. The first-order valence-corrected chi connectivity index (χ1v) is 7.18. The highest BCUT2D eigenvalue weighted by atomic mass is 32.2. The van der Waals surface area contributed by atoms with Crippen molar-refractivity contribution < 1.29 is 5.21 Å². The molecule has 1 saturated carbocycles. The van der Waals surface area contributed by atoms with Gasteiger partial charge in [-0.05, 0) is 33.1 Å². The molecule has 0 unspecified atom stereocenters. The average molecular weight is 260 g/mol. The van der Waals surface area contributed by atoms with Gasteiger partial charge in [0.2, 0.25) is 0 Å². The summed E-state index contributed by atoms with van der Waals surface area (Å²) in [4.78, 5) is 2.17. The lowest BCUT2D eigenvalue weighted by Crippen LogP contribution is -2.31. The fourth-order valence-corrected chi connectivity index (χ4v) is 3.73. The van der Waals surface area contributed by atoms with Crippen LogP contribution >= 0.6 is 24.0 Å². The van der Waals surface area contributed by atoms with Crippen molar-refractivity contribution in [1.82, 2.24) is 4.90 Å². The molecule has 0 aromatic carbocycles. The topological polar surface area (TPSA) is 35.8 Å². The van der Waals surface area contributed by atoms with Crippen molar-refractivity contribution in [3.05, 3.63) is 0 Å². The standard InChI is InChI=1S/C11H20N2OS2/c1-3-13(4-2)11(15)16-10-8-6-5-7-9(10)12-14/h10,14H,3-8H2,1-2H3/b12-9-/t10-/m0/s1. The Morgan fingerprint density at radius 1 is 1.50 bits per heavy atom. The van der Waals surface area contributed by atoms with E-state index in [9.17, 15) is 0 Å². The molecule has 92 valence electrons. The van der Waals surface area contributed by atoms with Gasteiger partial charge in [-0.1, -0.05) is 35.6 Å². The van der Waals surface area contributed by atoms with E-state index in [4.69, 9.17) is 17.4 Å². The second-order valence-electron chi connectivity index (χ2n) is 3.88. The summed E-state index contributed by atoms with van der Waals surface area (Å²) in [6.45, 7) is 6.11. The summed E-state index contributed by atoms with van der Waals surface area (Å²) in [6, 6.07) is 0. The maximum absolute atomic E-state index is 8.95. The monoisotopic (exact) mass is 260 g/mol. The molecule has 0 saturated heterocycles. The molecule has 3 nitrogen and oxygen atoms in total. The summed E-state index contributed by atoms with van der Waals surface area (Å²) < 4.78 is 0.929. The summed E-state index contributed by atoms with van der Waals surface area (Å²) in [7, 11) is 0. The van der Waals surface area contributed by atoms with Gasteiger partial charge in [-0.15, -0.1) is 0 Å². The van der Waals surface area contributed by atoms with Crippen LogP contribution < -0.4 is 0 Å². The van der Waals surface area contributed by atoms with Gasteiger partial charge in [0.05, 0.1) is 11.0 Å². The molecule has 0 aliphatic heterocycles. The van der Waals surface area contributed by atoms with Crippen molar-refractivity contribution in [2.45, 2.75) is 44.8 Å². The maximum atomic E-state index is 8.95. The Kier molecular flexibility index (Phi) is 6.13. The molecule has 1 fully saturated rings. The van der Waals surface area contributed by atoms with E-state index in [0.717, 1.165) is 42.4 Å². The second kappa shape index (κ2) is 7.12. The van der Waals surface area contributed by atoms with Crippen molar-refractivity contribution in [1.29, 1.82) is 0 Å². The summed E-state index contributed by atoms with van der Waals surface area (Å²) in [6.07, 6.45) is 4.33. The summed E-state index contributed by atoms with van der Waals surface area (Å²) in [5.74, 6) is 0. The van der Waals surface area contributed by atoms with Crippen molar-refractivity contribution >= 4 is 34.0 Å². The summed E-state index contributed by atoms with van der Waals surface area (Å²) in [5.41, 5.74) is 0.908. The molecular weight excluding hydrogens is 240 g/mol. The molecule has 0 aromatic heterocycles. The summed E-state index contributed by atoms with van der Waals surface area (Å²) >= 11 is 7.08. The number of thiocarbonyl (C=S) groups is 1. The predicted octanol–water partition coefficient (Wildman–Crippen LogP) is 3.12. The van der Waals surface area contributed by atoms with Crippen LogP contribution in [0.3, 0.4) is 0 Å². The zero-order valence-electron chi connectivity index (χ0n) is 9.98. The molecule has 1 atom stereocenters. The van der Waals surface area contributed by atoms with E-state index in [2.05, 4.69) is 23.9 Å². The van der Waals surface area contributed by atoms with Crippen molar-refractivity contribution in [3.8, 4) is 0 Å². The zero-order valence-corrected chi connectivity index (χ0v) is 11.6. The first-order valence-electron chi connectivity index (χ1n) is 5.89. The lowest BCUT2D eigenvalue weighted by Gasteiger charge is -2.27. The minimum absolute atomic E-state index is 0.284. The van der Waals surface area contributed by atoms with E-state index in [0.29, 0.717) is 0 Å². The number of oxime groups is 1. The van der Waals surface area contributed by atoms with Gasteiger partial charge >= 0.3 is 0 Å². The van der Waals surface area contributed by atoms with E-state index in [1.54, 1.807) is 11.8 Å². The Morgan fingerprint density at radius 2 is 2.19 bits per heavy atom. The Bertz CT molecular complexity index is 265. The van der Waals surface area contributed by atoms with Crippen LogP contribution in [0.15, 0.2) is 5.16 Å². The average Bonchev–Trinajstić information content (AvgIpc) is 2.31. The number of hydrogen-bond donors (Lipinski definition) is 1. The third-order valence-corrected chi connectivity index (χ3v) is 4.71. The van der Waals surface area contributed by atoms with Gasteiger partial charge in [0, 0.05) is 13.1 Å². The molecule has 1 aliphatic rings. The van der Waals surface area contributed by atoms with Gasteiger partial charge in [-0.2, -0.15) is 0 Å². The summed E-state index contributed by atoms with van der Waals surface area (Å²) in [5, 5.41) is 12.6. The third kappa shape index (κ3) is 3.63. The molecule has 0 radical (unpaired) electrons. The normalized spacial score (nSPS) is 23.4. The first-order chi connectivity index (χ1) is 7.72. The Hall–Kier alpha value is -0.290. The van der Waals surface area contributed by atoms with Crippen molar-refractivity contribution in [3.63, 3.8) is 0 Å². The van der Waals surface area contributed by atoms with Crippen LogP contribution in [0.25, 0.3) is 0 Å². The molecule has 0 heterocycles. The molecular formula is C11H20N2OS2. The molecule has 0 aromatic rings. The molecule has 0 bridgehead atoms. The van der Waals surface area contributed by atoms with Gasteiger partial charge in [-0.25, -0.2) is 0 Å². The molecule has 1 rings (SSSR count). The number of rotatable bonds is 3. The minimum Gasteiger partial charge on any atom is -0.411 e. The van der Waals surface area contributed by atoms with Crippen LogP contribution in [0.1, 0.15) is 39.5 Å². The molecule has 16 heavy (non-hydrogen) atoms. The van der Waals surface area contributed by atoms with E-state index < -0.39 is 0 Å². The fraction of sp³-hybridized carbons (Fsp3) is 0.818. The fourth-order valence-electron chi connectivity index (χ4n) is 1.88. The SMILES string of the molecule is CCN(CC)C(=S)S[C@H]1CCCC/C1=N/O. The predicted molar refractivity (Wildman–Crippen MR) is 74.6 cm³/mol. The van der Waals surface area contributed by atoms with Gasteiger partial charge in [0.25, 0.3) is 0 Å². The smallest absolute Gasteiger partial charge is 0.136 e. The largest absolute Gasteiger partial charge is 0.411 e. The third-order valence-electron chi connectivity index (χ3n) is 2.91.